The van der Waals surface area contributed by atoms with Crippen LogP contribution in [0.5, 0.6) is 5.75 Å². The lowest BCUT2D eigenvalue weighted by Crippen LogP contribution is -2.32. The zero-order valence-electron chi connectivity index (χ0n) is 15.2. The number of nitrogens with zero attached hydrogens (tertiary/aromatic N) is 4. The number of carbonyl (C=O) groups excluding carboxylic acids is 1. The van der Waals surface area contributed by atoms with Crippen LogP contribution in [0.25, 0.3) is 5.69 Å². The molecule has 0 aliphatic heterocycles. The van der Waals surface area contributed by atoms with Crippen molar-refractivity contribution >= 4 is 17.7 Å². The summed E-state index contributed by atoms with van der Waals surface area (Å²) < 4.78 is 6.98. The molecule has 0 saturated heterocycles. The maximum atomic E-state index is 12.6. The summed E-state index contributed by atoms with van der Waals surface area (Å²) in [5, 5.41) is 15.1. The Balaban J connectivity index is 1.72. The van der Waals surface area contributed by atoms with Crippen molar-refractivity contribution in [3.05, 3.63) is 60.2 Å². The van der Waals surface area contributed by atoms with E-state index in [1.54, 1.807) is 11.8 Å². The summed E-state index contributed by atoms with van der Waals surface area (Å²) in [5.74, 6) is 0.620. The second-order valence-corrected chi connectivity index (χ2v) is 6.93. The van der Waals surface area contributed by atoms with Crippen molar-refractivity contribution in [3.8, 4) is 11.4 Å². The zero-order valence-corrected chi connectivity index (χ0v) is 16.0. The summed E-state index contributed by atoms with van der Waals surface area (Å²) in [7, 11) is 1.60. The molecule has 1 amide bonds. The smallest absolute Gasteiger partial charge is 0.233 e. The van der Waals surface area contributed by atoms with Crippen LogP contribution in [0, 0.1) is 0 Å². The lowest BCUT2D eigenvalue weighted by Gasteiger charge is -2.15. The fourth-order valence-corrected chi connectivity index (χ4v) is 3.49. The number of benzene rings is 2. The van der Waals surface area contributed by atoms with Gasteiger partial charge in [-0.25, -0.2) is 0 Å². The number of carbonyl (C=O) groups is 1. The van der Waals surface area contributed by atoms with Crippen molar-refractivity contribution in [3.63, 3.8) is 0 Å². The molecule has 7 nitrogen and oxygen atoms in total. The number of rotatable bonds is 8. The number of amides is 1. The van der Waals surface area contributed by atoms with Gasteiger partial charge in [0, 0.05) is 6.54 Å². The highest BCUT2D eigenvalue weighted by Crippen LogP contribution is 2.28. The molecule has 1 heterocycles. The van der Waals surface area contributed by atoms with Crippen molar-refractivity contribution < 1.29 is 9.53 Å². The van der Waals surface area contributed by atoms with Crippen LogP contribution in [-0.2, 0) is 11.3 Å². The van der Waals surface area contributed by atoms with Crippen molar-refractivity contribution in [2.75, 3.05) is 7.11 Å². The van der Waals surface area contributed by atoms with Gasteiger partial charge in [-0.1, -0.05) is 61.2 Å². The zero-order chi connectivity index (χ0) is 19.1. The van der Waals surface area contributed by atoms with Crippen LogP contribution in [0.3, 0.4) is 0 Å². The first-order valence-corrected chi connectivity index (χ1v) is 9.51. The molecule has 0 bridgehead atoms. The van der Waals surface area contributed by atoms with Gasteiger partial charge in [0.2, 0.25) is 11.1 Å². The van der Waals surface area contributed by atoms with Gasteiger partial charge in [-0.05, 0) is 34.5 Å². The molecule has 8 heteroatoms. The third-order valence-corrected chi connectivity index (χ3v) is 5.27. The molecule has 0 saturated carbocycles. The fourth-order valence-electron chi connectivity index (χ4n) is 2.56. The van der Waals surface area contributed by atoms with E-state index in [4.69, 9.17) is 4.74 Å². The van der Waals surface area contributed by atoms with Crippen LogP contribution >= 0.6 is 11.8 Å². The van der Waals surface area contributed by atoms with Crippen LogP contribution in [0.2, 0.25) is 0 Å². The molecular formula is C19H21N5O2S. The molecule has 3 aromatic rings. The lowest BCUT2D eigenvalue weighted by atomic mass is 10.2. The topological polar surface area (TPSA) is 81.9 Å². The SMILES string of the molecule is CCC(Sc1nnnn1-c1ccccc1OC)C(=O)NCc1ccccc1. The second kappa shape index (κ2) is 9.18. The molecule has 0 fully saturated rings. The van der Waals surface area contributed by atoms with E-state index in [2.05, 4.69) is 20.8 Å². The minimum absolute atomic E-state index is 0.0408. The predicted molar refractivity (Wildman–Crippen MR) is 104 cm³/mol. The predicted octanol–water partition coefficient (Wildman–Crippen LogP) is 2.86. The molecule has 3 rings (SSSR count). The third-order valence-electron chi connectivity index (χ3n) is 3.97. The molecule has 0 aliphatic carbocycles. The van der Waals surface area contributed by atoms with Gasteiger partial charge in [-0.15, -0.1) is 5.10 Å². The van der Waals surface area contributed by atoms with Crippen LogP contribution in [0.4, 0.5) is 0 Å². The normalized spacial score (nSPS) is 11.8. The van der Waals surface area contributed by atoms with Crippen LogP contribution in [0.15, 0.2) is 59.8 Å². The Labute approximate surface area is 162 Å². The molecule has 0 spiro atoms. The average Bonchev–Trinajstić information content (AvgIpc) is 3.19. The molecule has 1 N–H and O–H groups in total. The summed E-state index contributed by atoms with van der Waals surface area (Å²) in [6.45, 7) is 2.46. The quantitative estimate of drug-likeness (QED) is 0.603. The highest BCUT2D eigenvalue weighted by atomic mass is 32.2. The molecule has 2 aromatic carbocycles. The van der Waals surface area contributed by atoms with Crippen LogP contribution < -0.4 is 10.1 Å². The standard InChI is InChI=1S/C19H21N5O2S/c1-3-17(18(25)20-13-14-9-5-4-6-10-14)27-19-21-22-23-24(19)15-11-7-8-12-16(15)26-2/h4-12,17H,3,13H2,1-2H3,(H,20,25). The average molecular weight is 383 g/mol. The molecule has 0 radical (unpaired) electrons. The van der Waals surface area contributed by atoms with E-state index < -0.39 is 0 Å². The highest BCUT2D eigenvalue weighted by Gasteiger charge is 2.22. The Hall–Kier alpha value is -2.87. The number of thioether (sulfide) groups is 1. The van der Waals surface area contributed by atoms with E-state index in [9.17, 15) is 4.79 Å². The van der Waals surface area contributed by atoms with Gasteiger partial charge in [-0.3, -0.25) is 4.79 Å². The van der Waals surface area contributed by atoms with E-state index in [1.165, 1.54) is 11.8 Å². The second-order valence-electron chi connectivity index (χ2n) is 5.76. The van der Waals surface area contributed by atoms with E-state index in [0.29, 0.717) is 23.9 Å². The van der Waals surface area contributed by atoms with E-state index in [1.807, 2.05) is 61.5 Å². The molecule has 1 unspecified atom stereocenters. The number of methoxy groups -OCH3 is 1. The Bertz CT molecular complexity index is 885. The minimum atomic E-state index is -0.298. The van der Waals surface area contributed by atoms with Crippen LogP contribution in [0.1, 0.15) is 18.9 Å². The summed E-state index contributed by atoms with van der Waals surface area (Å²) >= 11 is 1.34. The number of ether oxygens (including phenoxy) is 1. The van der Waals surface area contributed by atoms with Gasteiger partial charge in [0.05, 0.1) is 12.4 Å². The van der Waals surface area contributed by atoms with E-state index >= 15 is 0 Å². The first kappa shape index (κ1) is 18.9. The maximum absolute atomic E-state index is 12.6. The number of nitrogens with one attached hydrogen (secondary N) is 1. The van der Waals surface area contributed by atoms with Crippen molar-refractivity contribution in [1.29, 1.82) is 0 Å². The summed E-state index contributed by atoms with van der Waals surface area (Å²) in [6, 6.07) is 17.3. The number of para-hydroxylation sites is 2. The molecule has 1 atom stereocenters. The largest absolute Gasteiger partial charge is 0.494 e. The maximum Gasteiger partial charge on any atom is 0.233 e. The van der Waals surface area contributed by atoms with Gasteiger partial charge in [0.15, 0.2) is 0 Å². The Kier molecular flexibility index (Phi) is 6.43. The lowest BCUT2D eigenvalue weighted by molar-refractivity contribution is -0.120. The van der Waals surface area contributed by atoms with Gasteiger partial charge >= 0.3 is 0 Å². The summed E-state index contributed by atoms with van der Waals surface area (Å²) in [6.07, 6.45) is 0.657. The molecule has 0 aliphatic rings. The van der Waals surface area contributed by atoms with Crippen molar-refractivity contribution in [2.45, 2.75) is 30.3 Å². The van der Waals surface area contributed by atoms with Crippen molar-refractivity contribution in [2.24, 2.45) is 0 Å². The number of hydrogen-bond acceptors (Lipinski definition) is 6. The molecule has 1 aromatic heterocycles. The van der Waals surface area contributed by atoms with Crippen molar-refractivity contribution in [1.82, 2.24) is 25.5 Å². The van der Waals surface area contributed by atoms with Gasteiger partial charge in [0.25, 0.3) is 0 Å². The summed E-state index contributed by atoms with van der Waals surface area (Å²) in [4.78, 5) is 12.6. The first-order chi connectivity index (χ1) is 13.2. The molecule has 140 valence electrons. The Morgan fingerprint density at radius 3 is 2.67 bits per heavy atom. The van der Waals surface area contributed by atoms with Gasteiger partial charge in [0.1, 0.15) is 11.4 Å². The van der Waals surface area contributed by atoms with E-state index in [-0.39, 0.29) is 11.2 Å². The van der Waals surface area contributed by atoms with Crippen LogP contribution in [-0.4, -0.2) is 38.5 Å². The summed E-state index contributed by atoms with van der Waals surface area (Å²) in [5.41, 5.74) is 1.79. The number of tetrazole rings is 1. The highest BCUT2D eigenvalue weighted by molar-refractivity contribution is 8.00. The monoisotopic (exact) mass is 383 g/mol. The van der Waals surface area contributed by atoms with E-state index in [0.717, 1.165) is 11.3 Å². The molecular weight excluding hydrogens is 362 g/mol. The van der Waals surface area contributed by atoms with Gasteiger partial charge in [-0.2, -0.15) is 4.68 Å². The number of hydrogen-bond donors (Lipinski definition) is 1. The number of aromatic nitrogens is 4. The third kappa shape index (κ3) is 4.65. The first-order valence-electron chi connectivity index (χ1n) is 8.63. The van der Waals surface area contributed by atoms with Gasteiger partial charge < -0.3 is 10.1 Å². The Morgan fingerprint density at radius 1 is 1.19 bits per heavy atom. The minimum Gasteiger partial charge on any atom is -0.494 e. The Morgan fingerprint density at radius 2 is 1.93 bits per heavy atom. The molecule has 27 heavy (non-hydrogen) atoms. The fraction of sp³-hybridized carbons (Fsp3) is 0.263.